The second-order valence-corrected chi connectivity index (χ2v) is 6.05. The Morgan fingerprint density at radius 1 is 1.00 bits per heavy atom. The minimum absolute atomic E-state index is 0.655. The highest BCUT2D eigenvalue weighted by Gasteiger charge is 2.52. The van der Waals surface area contributed by atoms with E-state index in [9.17, 15) is 13.2 Å². The standard InChI is InChI=1S/C4Cl5F3N4/c5-2(6,3(7,8)9)1-13-15-16(14-1)4(10,11)12. The van der Waals surface area contributed by atoms with Crippen LogP contribution in [-0.4, -0.2) is 24.0 Å². The summed E-state index contributed by atoms with van der Waals surface area (Å²) in [6.07, 6.45) is -4.86. The lowest BCUT2D eigenvalue weighted by molar-refractivity contribution is -0.222. The molecule has 1 aromatic rings. The third-order valence-electron chi connectivity index (χ3n) is 1.28. The average molecular weight is 338 g/mol. The molecule has 16 heavy (non-hydrogen) atoms. The number of aromatic nitrogens is 4. The normalized spacial score (nSPS) is 14.2. The van der Waals surface area contributed by atoms with Crippen LogP contribution in [0.3, 0.4) is 0 Å². The Morgan fingerprint density at radius 2 is 1.50 bits per heavy atom. The second-order valence-electron chi connectivity index (χ2n) is 2.44. The molecule has 0 aliphatic carbocycles. The number of halogens is 8. The fraction of sp³-hybridized carbons (Fsp3) is 0.750. The first-order valence-corrected chi connectivity index (χ1v) is 5.17. The predicted molar refractivity (Wildman–Crippen MR) is 52.8 cm³/mol. The summed E-state index contributed by atoms with van der Waals surface area (Å²) in [6, 6.07) is 0. The second kappa shape index (κ2) is 4.20. The summed E-state index contributed by atoms with van der Waals surface area (Å²) in [5, 5.41) is 8.51. The van der Waals surface area contributed by atoms with E-state index >= 15 is 0 Å². The minimum Gasteiger partial charge on any atom is -0.147 e. The third-order valence-corrected chi connectivity index (χ3v) is 3.61. The molecule has 0 aromatic carbocycles. The van der Waals surface area contributed by atoms with Crippen molar-refractivity contribution in [2.75, 3.05) is 0 Å². The molecule has 92 valence electrons. The van der Waals surface area contributed by atoms with Gasteiger partial charge in [-0.2, -0.15) is 0 Å². The molecule has 0 atom stereocenters. The highest BCUT2D eigenvalue weighted by molar-refractivity contribution is 6.75. The molecule has 0 aliphatic rings. The van der Waals surface area contributed by atoms with Gasteiger partial charge in [0.15, 0.2) is 0 Å². The van der Waals surface area contributed by atoms with Crippen molar-refractivity contribution in [1.29, 1.82) is 0 Å². The van der Waals surface area contributed by atoms with Gasteiger partial charge in [-0.1, -0.05) is 62.8 Å². The van der Waals surface area contributed by atoms with E-state index in [1.807, 2.05) is 0 Å². The van der Waals surface area contributed by atoms with E-state index < -0.39 is 25.0 Å². The first-order valence-electron chi connectivity index (χ1n) is 3.28. The van der Waals surface area contributed by atoms with Crippen molar-refractivity contribution in [2.45, 2.75) is 14.4 Å². The Hall–Kier alpha value is 0.310. The van der Waals surface area contributed by atoms with Gasteiger partial charge in [0, 0.05) is 0 Å². The largest absolute Gasteiger partial charge is 0.522 e. The fourth-order valence-corrected chi connectivity index (χ4v) is 0.979. The molecule has 0 saturated carbocycles. The van der Waals surface area contributed by atoms with Gasteiger partial charge in [-0.3, -0.25) is 0 Å². The summed E-state index contributed by atoms with van der Waals surface area (Å²) < 4.78 is 31.6. The first-order chi connectivity index (χ1) is 6.96. The number of alkyl halides is 8. The van der Waals surface area contributed by atoms with Crippen molar-refractivity contribution in [1.82, 2.24) is 20.2 Å². The lowest BCUT2D eigenvalue weighted by atomic mass is 10.4. The molecular formula is C4Cl5F3N4. The van der Waals surface area contributed by atoms with Crippen molar-refractivity contribution in [3.63, 3.8) is 0 Å². The van der Waals surface area contributed by atoms with E-state index in [1.54, 1.807) is 0 Å². The van der Waals surface area contributed by atoms with Gasteiger partial charge in [0.1, 0.15) is 0 Å². The summed E-state index contributed by atoms with van der Waals surface area (Å²) in [7, 11) is 0. The van der Waals surface area contributed by atoms with Gasteiger partial charge >= 0.3 is 6.30 Å². The summed E-state index contributed by atoms with van der Waals surface area (Å²) in [5.41, 5.74) is 0. The Kier molecular flexibility index (Phi) is 3.78. The molecule has 1 heterocycles. The molecule has 1 rings (SSSR count). The zero-order chi connectivity index (χ0) is 12.8. The number of rotatable bonds is 1. The summed E-state index contributed by atoms with van der Waals surface area (Å²) in [6.45, 7) is 0. The quantitative estimate of drug-likeness (QED) is 0.739. The maximum absolute atomic E-state index is 12.1. The van der Waals surface area contributed by atoms with Crippen molar-refractivity contribution < 1.29 is 13.2 Å². The Morgan fingerprint density at radius 3 is 1.81 bits per heavy atom. The molecule has 0 spiro atoms. The van der Waals surface area contributed by atoms with Gasteiger partial charge in [0.05, 0.1) is 0 Å². The summed E-state index contributed by atoms with van der Waals surface area (Å²) in [4.78, 5) is -0.655. The lowest BCUT2D eigenvalue weighted by Gasteiger charge is -2.23. The van der Waals surface area contributed by atoms with Crippen LogP contribution in [0, 0.1) is 0 Å². The van der Waals surface area contributed by atoms with Gasteiger partial charge in [-0.25, -0.2) is 0 Å². The SMILES string of the molecule is FC(F)(F)n1nnc(C(Cl)(Cl)C(Cl)(Cl)Cl)n1. The van der Waals surface area contributed by atoms with Gasteiger partial charge in [-0.05, 0) is 5.21 Å². The first kappa shape index (κ1) is 14.4. The van der Waals surface area contributed by atoms with Crippen LogP contribution in [0.1, 0.15) is 5.82 Å². The minimum atomic E-state index is -4.86. The van der Waals surface area contributed by atoms with Crippen LogP contribution in [0.4, 0.5) is 13.2 Å². The molecule has 0 aliphatic heterocycles. The van der Waals surface area contributed by atoms with Gasteiger partial charge in [0.2, 0.25) is 14.0 Å². The Labute approximate surface area is 112 Å². The maximum Gasteiger partial charge on any atom is 0.522 e. The van der Waals surface area contributed by atoms with Crippen LogP contribution in [0.25, 0.3) is 0 Å². The van der Waals surface area contributed by atoms with Crippen molar-refractivity contribution in [3.8, 4) is 0 Å². The van der Waals surface area contributed by atoms with Crippen LogP contribution in [-0.2, 0) is 10.6 Å². The molecule has 0 radical (unpaired) electrons. The van der Waals surface area contributed by atoms with E-state index in [2.05, 4.69) is 15.4 Å². The fourth-order valence-electron chi connectivity index (χ4n) is 0.574. The molecule has 0 N–H and O–H groups in total. The van der Waals surface area contributed by atoms with Gasteiger partial charge in [-0.15, -0.1) is 23.4 Å². The molecule has 4 nitrogen and oxygen atoms in total. The number of tetrazole rings is 1. The molecule has 12 heteroatoms. The van der Waals surface area contributed by atoms with E-state index in [-0.39, 0.29) is 0 Å². The highest BCUT2D eigenvalue weighted by Crippen LogP contribution is 2.51. The highest BCUT2D eigenvalue weighted by atomic mass is 35.6. The molecule has 0 fully saturated rings. The van der Waals surface area contributed by atoms with Gasteiger partial charge in [0.25, 0.3) is 0 Å². The van der Waals surface area contributed by atoms with Crippen molar-refractivity contribution in [3.05, 3.63) is 5.82 Å². The number of hydrogen-bond donors (Lipinski definition) is 0. The summed E-state index contributed by atoms with van der Waals surface area (Å²) >= 11 is 27.1. The van der Waals surface area contributed by atoms with Crippen LogP contribution in [0.2, 0.25) is 0 Å². The van der Waals surface area contributed by atoms with E-state index in [1.165, 1.54) is 0 Å². The van der Waals surface area contributed by atoms with Crippen LogP contribution < -0.4 is 0 Å². The summed E-state index contributed by atoms with van der Waals surface area (Å²) in [5.74, 6) is -0.770. The van der Waals surface area contributed by atoms with Crippen LogP contribution >= 0.6 is 58.0 Å². The number of hydrogen-bond acceptors (Lipinski definition) is 3. The molecule has 0 bridgehead atoms. The number of nitrogens with zero attached hydrogens (tertiary/aromatic N) is 4. The van der Waals surface area contributed by atoms with E-state index in [4.69, 9.17) is 58.0 Å². The van der Waals surface area contributed by atoms with Crippen LogP contribution in [0.15, 0.2) is 0 Å². The predicted octanol–water partition coefficient (Wildman–Crippen LogP) is 3.15. The maximum atomic E-state index is 12.1. The molecule has 0 amide bonds. The zero-order valence-corrected chi connectivity index (χ0v) is 10.6. The van der Waals surface area contributed by atoms with E-state index in [0.29, 0.717) is 0 Å². The van der Waals surface area contributed by atoms with E-state index in [0.717, 1.165) is 0 Å². The molecule has 0 unspecified atom stereocenters. The van der Waals surface area contributed by atoms with Crippen LogP contribution in [0.5, 0.6) is 0 Å². The van der Waals surface area contributed by atoms with Gasteiger partial charge < -0.3 is 0 Å². The molecular weight excluding hydrogens is 338 g/mol. The zero-order valence-electron chi connectivity index (χ0n) is 6.81. The molecule has 1 aromatic heterocycles. The monoisotopic (exact) mass is 336 g/mol. The Bertz CT molecular complexity index is 382. The smallest absolute Gasteiger partial charge is 0.147 e. The topological polar surface area (TPSA) is 43.6 Å². The molecule has 0 saturated heterocycles. The third kappa shape index (κ3) is 2.76. The Balaban J connectivity index is 3.13. The van der Waals surface area contributed by atoms with Crippen molar-refractivity contribution >= 4 is 58.0 Å². The average Bonchev–Trinajstić information content (AvgIpc) is 2.47. The lowest BCUT2D eigenvalue weighted by Crippen LogP contribution is -2.30. The van der Waals surface area contributed by atoms with Crippen molar-refractivity contribution in [2.24, 2.45) is 0 Å².